The van der Waals surface area contributed by atoms with E-state index in [1.165, 1.54) is 12.8 Å². The van der Waals surface area contributed by atoms with Gasteiger partial charge in [-0.2, -0.15) is 0 Å². The van der Waals surface area contributed by atoms with Crippen LogP contribution in [-0.2, 0) is 9.53 Å². The van der Waals surface area contributed by atoms with E-state index in [1.54, 1.807) is 0 Å². The molecule has 1 saturated carbocycles. The summed E-state index contributed by atoms with van der Waals surface area (Å²) in [6.45, 7) is 9.47. The van der Waals surface area contributed by atoms with E-state index in [4.69, 9.17) is 4.74 Å². The second-order valence-electron chi connectivity index (χ2n) is 7.57. The van der Waals surface area contributed by atoms with Crippen molar-refractivity contribution in [1.29, 1.82) is 0 Å². The molecule has 2 atom stereocenters. The summed E-state index contributed by atoms with van der Waals surface area (Å²) in [4.78, 5) is 14.1. The smallest absolute Gasteiger partial charge is 0.224 e. The third-order valence-electron chi connectivity index (χ3n) is 4.66. The zero-order valence-corrected chi connectivity index (χ0v) is 12.5. The van der Waals surface area contributed by atoms with Gasteiger partial charge < -0.3 is 15.0 Å². The highest BCUT2D eigenvalue weighted by Gasteiger charge is 2.48. The molecule has 1 aliphatic carbocycles. The molecule has 19 heavy (non-hydrogen) atoms. The van der Waals surface area contributed by atoms with E-state index in [9.17, 15) is 4.79 Å². The standard InChI is InChI=1S/C15H26N2O2/c1-14(2)8-12(15(3,4)19-14)16-10-7-13(18)17(9-10)11-5-6-11/h10-12,16H,5-9H2,1-4H3/t10-,12+/m1/s1. The van der Waals surface area contributed by atoms with E-state index in [0.29, 0.717) is 30.5 Å². The van der Waals surface area contributed by atoms with Crippen LogP contribution in [0.5, 0.6) is 0 Å². The molecule has 3 aliphatic rings. The van der Waals surface area contributed by atoms with Gasteiger partial charge in [0.25, 0.3) is 0 Å². The second-order valence-corrected chi connectivity index (χ2v) is 7.57. The average Bonchev–Trinajstić information content (AvgIpc) is 2.97. The minimum Gasteiger partial charge on any atom is -0.368 e. The highest BCUT2D eigenvalue weighted by Crippen LogP contribution is 2.38. The molecule has 0 bridgehead atoms. The van der Waals surface area contributed by atoms with Gasteiger partial charge in [0, 0.05) is 31.1 Å². The van der Waals surface area contributed by atoms with Crippen LogP contribution >= 0.6 is 0 Å². The number of nitrogens with one attached hydrogen (secondary N) is 1. The minimum atomic E-state index is -0.153. The monoisotopic (exact) mass is 266 g/mol. The molecular formula is C15H26N2O2. The van der Waals surface area contributed by atoms with Crippen LogP contribution in [0.1, 0.15) is 53.4 Å². The summed E-state index contributed by atoms with van der Waals surface area (Å²) in [7, 11) is 0. The van der Waals surface area contributed by atoms with Gasteiger partial charge in [0.15, 0.2) is 0 Å². The van der Waals surface area contributed by atoms with Crippen LogP contribution < -0.4 is 5.32 Å². The number of likely N-dealkylation sites (tertiary alicyclic amines) is 1. The molecule has 1 N–H and O–H groups in total. The number of carbonyl (C=O) groups is 1. The Morgan fingerprint density at radius 1 is 1.26 bits per heavy atom. The number of ether oxygens (including phenoxy) is 1. The maximum absolute atomic E-state index is 12.0. The third kappa shape index (κ3) is 2.65. The first-order valence-corrected chi connectivity index (χ1v) is 7.52. The van der Waals surface area contributed by atoms with Crippen LogP contribution in [0.4, 0.5) is 0 Å². The summed E-state index contributed by atoms with van der Waals surface area (Å²) in [5, 5.41) is 3.68. The minimum absolute atomic E-state index is 0.0695. The quantitative estimate of drug-likeness (QED) is 0.845. The van der Waals surface area contributed by atoms with Gasteiger partial charge in [-0.15, -0.1) is 0 Å². The van der Waals surface area contributed by atoms with Gasteiger partial charge >= 0.3 is 0 Å². The highest BCUT2D eigenvalue weighted by atomic mass is 16.5. The third-order valence-corrected chi connectivity index (χ3v) is 4.66. The number of hydrogen-bond acceptors (Lipinski definition) is 3. The number of amides is 1. The lowest BCUT2D eigenvalue weighted by Gasteiger charge is -2.29. The molecule has 3 fully saturated rings. The molecule has 1 amide bonds. The number of nitrogens with zero attached hydrogens (tertiary/aromatic N) is 1. The maximum Gasteiger partial charge on any atom is 0.224 e. The molecule has 2 saturated heterocycles. The molecule has 0 aromatic rings. The van der Waals surface area contributed by atoms with Crippen molar-refractivity contribution in [2.75, 3.05) is 6.54 Å². The molecular weight excluding hydrogens is 240 g/mol. The largest absolute Gasteiger partial charge is 0.368 e. The van der Waals surface area contributed by atoms with Gasteiger partial charge in [0.1, 0.15) is 0 Å². The fourth-order valence-corrected chi connectivity index (χ4v) is 3.69. The van der Waals surface area contributed by atoms with Gasteiger partial charge in [0.05, 0.1) is 11.2 Å². The zero-order chi connectivity index (χ0) is 13.8. The molecule has 0 unspecified atom stereocenters. The first kappa shape index (κ1) is 13.4. The Morgan fingerprint density at radius 2 is 1.95 bits per heavy atom. The van der Waals surface area contributed by atoms with Crippen molar-refractivity contribution in [2.24, 2.45) is 0 Å². The first-order chi connectivity index (χ1) is 8.77. The summed E-state index contributed by atoms with van der Waals surface area (Å²) < 4.78 is 6.11. The molecule has 3 rings (SSSR count). The van der Waals surface area contributed by atoms with Gasteiger partial charge in [-0.05, 0) is 47.0 Å². The van der Waals surface area contributed by atoms with Crippen molar-refractivity contribution >= 4 is 5.91 Å². The molecule has 0 aromatic heterocycles. The number of carbonyl (C=O) groups excluding carboxylic acids is 1. The lowest BCUT2D eigenvalue weighted by Crippen LogP contribution is -2.48. The molecule has 0 radical (unpaired) electrons. The number of rotatable bonds is 3. The Bertz CT molecular complexity index is 388. The fraction of sp³-hybridized carbons (Fsp3) is 0.933. The van der Waals surface area contributed by atoms with Crippen molar-refractivity contribution in [3.05, 3.63) is 0 Å². The van der Waals surface area contributed by atoms with Crippen LogP contribution in [0, 0.1) is 0 Å². The molecule has 2 heterocycles. The summed E-state index contributed by atoms with van der Waals surface area (Å²) in [5.74, 6) is 0.330. The topological polar surface area (TPSA) is 41.6 Å². The lowest BCUT2D eigenvalue weighted by atomic mass is 9.93. The van der Waals surface area contributed by atoms with Crippen LogP contribution in [0.25, 0.3) is 0 Å². The Labute approximate surface area is 115 Å². The zero-order valence-electron chi connectivity index (χ0n) is 12.5. The van der Waals surface area contributed by atoms with E-state index in [1.807, 2.05) is 0 Å². The Balaban J connectivity index is 1.61. The predicted octanol–water partition coefficient (Wildman–Crippen LogP) is 1.69. The fourth-order valence-electron chi connectivity index (χ4n) is 3.69. The molecule has 0 spiro atoms. The van der Waals surface area contributed by atoms with E-state index >= 15 is 0 Å². The van der Waals surface area contributed by atoms with Crippen LogP contribution in [0.3, 0.4) is 0 Å². The number of hydrogen-bond donors (Lipinski definition) is 1. The lowest BCUT2D eigenvalue weighted by molar-refractivity contribution is -0.128. The molecule has 2 aliphatic heterocycles. The Hall–Kier alpha value is -0.610. The molecule has 0 aromatic carbocycles. The first-order valence-electron chi connectivity index (χ1n) is 7.52. The summed E-state index contributed by atoms with van der Waals surface area (Å²) in [6, 6.07) is 1.18. The van der Waals surface area contributed by atoms with Gasteiger partial charge in [-0.1, -0.05) is 0 Å². The average molecular weight is 266 g/mol. The van der Waals surface area contributed by atoms with Crippen LogP contribution in [-0.4, -0.2) is 46.7 Å². The van der Waals surface area contributed by atoms with Crippen molar-refractivity contribution in [1.82, 2.24) is 10.2 Å². The Morgan fingerprint density at radius 3 is 2.47 bits per heavy atom. The van der Waals surface area contributed by atoms with E-state index in [0.717, 1.165) is 13.0 Å². The molecule has 4 nitrogen and oxygen atoms in total. The molecule has 108 valence electrons. The van der Waals surface area contributed by atoms with Crippen LogP contribution in [0.15, 0.2) is 0 Å². The van der Waals surface area contributed by atoms with Crippen molar-refractivity contribution in [2.45, 2.75) is 82.7 Å². The summed E-state index contributed by atoms with van der Waals surface area (Å²) >= 11 is 0. The second kappa shape index (κ2) is 4.19. The van der Waals surface area contributed by atoms with E-state index in [2.05, 4.69) is 37.9 Å². The van der Waals surface area contributed by atoms with Crippen molar-refractivity contribution < 1.29 is 9.53 Å². The van der Waals surface area contributed by atoms with Gasteiger partial charge in [0.2, 0.25) is 5.91 Å². The summed E-state index contributed by atoms with van der Waals surface area (Å²) in [6.07, 6.45) is 4.06. The van der Waals surface area contributed by atoms with Crippen molar-refractivity contribution in [3.8, 4) is 0 Å². The normalized spacial score (nSPS) is 37.1. The predicted molar refractivity (Wildman–Crippen MR) is 73.9 cm³/mol. The van der Waals surface area contributed by atoms with Gasteiger partial charge in [-0.3, -0.25) is 4.79 Å². The Kier molecular flexibility index (Phi) is 2.95. The van der Waals surface area contributed by atoms with E-state index in [-0.39, 0.29) is 11.2 Å². The van der Waals surface area contributed by atoms with Crippen molar-refractivity contribution in [3.63, 3.8) is 0 Å². The van der Waals surface area contributed by atoms with E-state index < -0.39 is 0 Å². The van der Waals surface area contributed by atoms with Gasteiger partial charge in [-0.25, -0.2) is 0 Å². The molecule has 4 heteroatoms. The maximum atomic E-state index is 12.0. The summed E-state index contributed by atoms with van der Waals surface area (Å²) in [5.41, 5.74) is -0.223. The van der Waals surface area contributed by atoms with Crippen LogP contribution in [0.2, 0.25) is 0 Å². The SMILES string of the molecule is CC1(C)C[C@H](N[C@@H]2CC(=O)N(C3CC3)C2)C(C)(C)O1. The highest BCUT2D eigenvalue weighted by molar-refractivity contribution is 5.80.